The van der Waals surface area contributed by atoms with E-state index in [1.165, 1.54) is 15.6 Å². The molecule has 1 aliphatic heterocycles. The molecule has 0 bridgehead atoms. The molecule has 2 heterocycles. The molecular weight excluding hydrogens is 338 g/mol. The first-order valence-corrected chi connectivity index (χ1v) is 8.69. The quantitative estimate of drug-likeness (QED) is 0.820. The third-order valence-electron chi connectivity index (χ3n) is 2.68. The third-order valence-corrected chi connectivity index (χ3v) is 6.58. The number of hydrogen-bond acceptors (Lipinski definition) is 4. The van der Waals surface area contributed by atoms with Gasteiger partial charge in [-0.2, -0.15) is 4.31 Å². The van der Waals surface area contributed by atoms with Crippen molar-refractivity contribution in [1.82, 2.24) is 4.31 Å². The molecule has 0 N–H and O–H groups in total. The predicted molar refractivity (Wildman–Crippen MR) is 75.4 cm³/mol. The van der Waals surface area contributed by atoms with Gasteiger partial charge < -0.3 is 4.74 Å². The van der Waals surface area contributed by atoms with Crippen molar-refractivity contribution in [3.05, 3.63) is 15.9 Å². The summed E-state index contributed by atoms with van der Waals surface area (Å²) in [6.45, 7) is 6.51. The summed E-state index contributed by atoms with van der Waals surface area (Å²) >= 11 is 4.53. The maximum Gasteiger partial charge on any atom is 0.252 e. The molecule has 0 saturated carbocycles. The molecule has 2 rings (SSSR count). The molecule has 0 aliphatic carbocycles. The highest BCUT2D eigenvalue weighted by Gasteiger charge is 2.38. The number of halogens is 1. The summed E-state index contributed by atoms with van der Waals surface area (Å²) in [5.74, 6) is 0. The van der Waals surface area contributed by atoms with E-state index in [2.05, 4.69) is 15.9 Å². The van der Waals surface area contributed by atoms with Crippen LogP contribution in [-0.4, -0.2) is 37.5 Å². The molecule has 1 atom stereocenters. The van der Waals surface area contributed by atoms with E-state index in [1.54, 1.807) is 12.1 Å². The number of ether oxygens (including phenoxy) is 1. The van der Waals surface area contributed by atoms with Gasteiger partial charge in [-0.1, -0.05) is 0 Å². The Hall–Kier alpha value is 0.0500. The van der Waals surface area contributed by atoms with E-state index in [9.17, 15) is 8.42 Å². The van der Waals surface area contributed by atoms with Crippen molar-refractivity contribution >= 4 is 37.3 Å². The summed E-state index contributed by atoms with van der Waals surface area (Å²) in [6, 6.07) is 3.39. The van der Waals surface area contributed by atoms with Gasteiger partial charge in [0.25, 0.3) is 10.0 Å². The van der Waals surface area contributed by atoms with Gasteiger partial charge in [0.2, 0.25) is 0 Å². The van der Waals surface area contributed by atoms with E-state index in [-0.39, 0.29) is 6.10 Å². The lowest BCUT2D eigenvalue weighted by atomic mass is 10.1. The highest BCUT2D eigenvalue weighted by molar-refractivity contribution is 9.11. The normalized spacial score (nSPS) is 25.2. The average molecular weight is 354 g/mol. The summed E-state index contributed by atoms with van der Waals surface area (Å²) in [6.07, 6.45) is -0.0908. The largest absolute Gasteiger partial charge is 0.370 e. The van der Waals surface area contributed by atoms with Gasteiger partial charge in [0.15, 0.2) is 0 Å². The molecule has 1 fully saturated rings. The topological polar surface area (TPSA) is 46.6 Å². The van der Waals surface area contributed by atoms with Gasteiger partial charge in [0, 0.05) is 13.1 Å². The van der Waals surface area contributed by atoms with Crippen LogP contribution in [0.25, 0.3) is 0 Å². The van der Waals surface area contributed by atoms with Crippen molar-refractivity contribution in [3.8, 4) is 0 Å². The summed E-state index contributed by atoms with van der Waals surface area (Å²) in [5, 5.41) is 0. The van der Waals surface area contributed by atoms with Gasteiger partial charge in [0.1, 0.15) is 4.21 Å². The monoisotopic (exact) mass is 353 g/mol. The highest BCUT2D eigenvalue weighted by Crippen LogP contribution is 2.31. The zero-order valence-corrected chi connectivity index (χ0v) is 13.7. The fraction of sp³-hybridized carbons (Fsp3) is 0.636. The number of morpholine rings is 1. The lowest BCUT2D eigenvalue weighted by molar-refractivity contribution is -0.109. The first kappa shape index (κ1) is 14.5. The Morgan fingerprint density at radius 1 is 1.50 bits per heavy atom. The van der Waals surface area contributed by atoms with E-state index < -0.39 is 15.6 Å². The van der Waals surface area contributed by atoms with Crippen LogP contribution in [0.2, 0.25) is 0 Å². The van der Waals surface area contributed by atoms with Gasteiger partial charge in [-0.15, -0.1) is 11.3 Å². The van der Waals surface area contributed by atoms with E-state index in [4.69, 9.17) is 4.74 Å². The molecule has 1 saturated heterocycles. The first-order chi connectivity index (χ1) is 8.21. The van der Waals surface area contributed by atoms with Crippen LogP contribution in [0.4, 0.5) is 0 Å². The molecule has 4 nitrogen and oxygen atoms in total. The van der Waals surface area contributed by atoms with Gasteiger partial charge in [0.05, 0.1) is 15.5 Å². The summed E-state index contributed by atoms with van der Waals surface area (Å²) in [7, 11) is -3.40. The molecule has 0 spiro atoms. The van der Waals surface area contributed by atoms with Gasteiger partial charge in [-0.05, 0) is 48.8 Å². The number of rotatable bonds is 2. The van der Waals surface area contributed by atoms with Crippen LogP contribution in [0, 0.1) is 0 Å². The number of thiophene rings is 1. The van der Waals surface area contributed by atoms with E-state index in [1.807, 2.05) is 20.8 Å². The van der Waals surface area contributed by atoms with Crippen LogP contribution in [0.15, 0.2) is 20.1 Å². The van der Waals surface area contributed by atoms with Crippen molar-refractivity contribution in [2.75, 3.05) is 13.1 Å². The van der Waals surface area contributed by atoms with Crippen molar-refractivity contribution < 1.29 is 13.2 Å². The second kappa shape index (κ2) is 4.86. The van der Waals surface area contributed by atoms with Gasteiger partial charge in [-0.3, -0.25) is 0 Å². The molecule has 18 heavy (non-hydrogen) atoms. The third kappa shape index (κ3) is 2.96. The summed E-state index contributed by atoms with van der Waals surface area (Å²) < 4.78 is 33.4. The molecular formula is C11H16BrNO3S2. The fourth-order valence-corrected chi connectivity index (χ4v) is 5.97. The van der Waals surface area contributed by atoms with Crippen molar-refractivity contribution in [1.29, 1.82) is 0 Å². The van der Waals surface area contributed by atoms with Crippen LogP contribution in [-0.2, 0) is 14.8 Å². The minimum atomic E-state index is -3.40. The number of sulfonamides is 1. The van der Waals surface area contributed by atoms with Crippen LogP contribution < -0.4 is 0 Å². The zero-order valence-electron chi connectivity index (χ0n) is 10.5. The van der Waals surface area contributed by atoms with Crippen LogP contribution in [0.1, 0.15) is 20.8 Å². The zero-order chi connectivity index (χ0) is 13.6. The molecule has 1 aromatic heterocycles. The van der Waals surface area contributed by atoms with Gasteiger partial charge >= 0.3 is 0 Å². The molecule has 0 radical (unpaired) electrons. The SMILES string of the molecule is CC1CN(S(=O)(=O)c2ccc(Br)s2)CC(C)(C)O1. The maximum absolute atomic E-state index is 12.5. The van der Waals surface area contributed by atoms with Crippen molar-refractivity contribution in [2.24, 2.45) is 0 Å². The molecule has 7 heteroatoms. The Balaban J connectivity index is 2.30. The Morgan fingerprint density at radius 3 is 2.67 bits per heavy atom. The molecule has 102 valence electrons. The van der Waals surface area contributed by atoms with E-state index in [0.717, 1.165) is 3.79 Å². The van der Waals surface area contributed by atoms with Crippen LogP contribution in [0.5, 0.6) is 0 Å². The predicted octanol–water partition coefficient (Wildman–Crippen LogP) is 2.70. The summed E-state index contributed by atoms with van der Waals surface area (Å²) in [4.78, 5) is 0. The van der Waals surface area contributed by atoms with E-state index in [0.29, 0.717) is 17.3 Å². The Labute approximate surface area is 120 Å². The second-order valence-corrected chi connectivity index (χ2v) is 9.67. The average Bonchev–Trinajstić information content (AvgIpc) is 2.62. The Morgan fingerprint density at radius 2 is 2.17 bits per heavy atom. The lowest BCUT2D eigenvalue weighted by Crippen LogP contribution is -2.53. The minimum absolute atomic E-state index is 0.0908. The van der Waals surface area contributed by atoms with Crippen LogP contribution >= 0.6 is 27.3 Å². The standard InChI is InChI=1S/C11H16BrNO3S2/c1-8-6-13(7-11(2,3)16-8)18(14,15)10-5-4-9(12)17-10/h4-5,8H,6-7H2,1-3H3. The fourth-order valence-electron chi connectivity index (χ4n) is 2.14. The van der Waals surface area contributed by atoms with E-state index >= 15 is 0 Å². The Kier molecular flexibility index (Phi) is 3.91. The molecule has 1 unspecified atom stereocenters. The number of hydrogen-bond donors (Lipinski definition) is 0. The smallest absolute Gasteiger partial charge is 0.252 e. The molecule has 1 aliphatic rings. The van der Waals surface area contributed by atoms with Crippen LogP contribution in [0.3, 0.4) is 0 Å². The highest BCUT2D eigenvalue weighted by atomic mass is 79.9. The van der Waals surface area contributed by atoms with Crippen molar-refractivity contribution in [2.45, 2.75) is 36.7 Å². The minimum Gasteiger partial charge on any atom is -0.370 e. The molecule has 0 aromatic carbocycles. The first-order valence-electron chi connectivity index (χ1n) is 5.64. The lowest BCUT2D eigenvalue weighted by Gasteiger charge is -2.40. The van der Waals surface area contributed by atoms with Crippen molar-refractivity contribution in [3.63, 3.8) is 0 Å². The number of nitrogens with zero attached hydrogens (tertiary/aromatic N) is 1. The molecule has 1 aromatic rings. The van der Waals surface area contributed by atoms with Gasteiger partial charge in [-0.25, -0.2) is 8.42 Å². The Bertz CT molecular complexity index is 538. The second-order valence-electron chi connectivity index (χ2n) is 5.04. The maximum atomic E-state index is 12.5. The molecule has 0 amide bonds. The summed E-state index contributed by atoms with van der Waals surface area (Å²) in [5.41, 5.74) is -0.445.